The summed E-state index contributed by atoms with van der Waals surface area (Å²) in [4.78, 5) is 10.3. The minimum atomic E-state index is -0.843. The predicted octanol–water partition coefficient (Wildman–Crippen LogP) is 2.81. The Bertz CT molecular complexity index is 474. The van der Waals surface area contributed by atoms with Crippen molar-refractivity contribution in [2.24, 2.45) is 5.92 Å². The van der Waals surface area contributed by atoms with Crippen LogP contribution in [0.25, 0.3) is 0 Å². The quantitative estimate of drug-likeness (QED) is 0.593. The van der Waals surface area contributed by atoms with E-state index in [1.165, 1.54) is 13.2 Å². The van der Waals surface area contributed by atoms with Crippen LogP contribution in [-0.4, -0.2) is 29.3 Å². The van der Waals surface area contributed by atoms with Gasteiger partial charge in [0.05, 0.1) is 17.6 Å². The zero-order chi connectivity index (χ0) is 15.3. The second-order valence-electron chi connectivity index (χ2n) is 5.16. The van der Waals surface area contributed by atoms with E-state index in [1.54, 1.807) is 19.1 Å². The van der Waals surface area contributed by atoms with E-state index in [9.17, 15) is 15.2 Å². The fourth-order valence-electron chi connectivity index (χ4n) is 1.83. The van der Waals surface area contributed by atoms with E-state index in [0.29, 0.717) is 12.2 Å². The first-order chi connectivity index (χ1) is 9.31. The van der Waals surface area contributed by atoms with Crippen molar-refractivity contribution in [2.75, 3.05) is 19.0 Å². The first-order valence-corrected chi connectivity index (χ1v) is 6.60. The zero-order valence-corrected chi connectivity index (χ0v) is 12.3. The summed E-state index contributed by atoms with van der Waals surface area (Å²) in [7, 11) is 1.39. The molecule has 0 bridgehead atoms. The predicted molar refractivity (Wildman–Crippen MR) is 78.2 cm³/mol. The van der Waals surface area contributed by atoms with Crippen molar-refractivity contribution in [3.05, 3.63) is 28.3 Å². The highest BCUT2D eigenvalue weighted by Crippen LogP contribution is 2.30. The molecule has 1 aromatic rings. The van der Waals surface area contributed by atoms with Gasteiger partial charge in [0, 0.05) is 24.4 Å². The molecule has 2 atom stereocenters. The number of aliphatic hydroxyl groups is 1. The highest BCUT2D eigenvalue weighted by Gasteiger charge is 2.26. The molecular weight excluding hydrogens is 260 g/mol. The van der Waals surface area contributed by atoms with Gasteiger partial charge in [-0.25, -0.2) is 0 Å². The summed E-state index contributed by atoms with van der Waals surface area (Å²) in [5, 5.41) is 24.2. The number of ether oxygens (including phenoxy) is 1. The van der Waals surface area contributed by atoms with E-state index in [2.05, 4.69) is 5.32 Å². The Balaban J connectivity index is 2.82. The fourth-order valence-corrected chi connectivity index (χ4v) is 1.83. The number of nitro benzene ring substituents is 1. The number of nitrogens with zero attached hydrogens (tertiary/aromatic N) is 1. The van der Waals surface area contributed by atoms with Gasteiger partial charge in [-0.1, -0.05) is 20.3 Å². The van der Waals surface area contributed by atoms with Crippen LogP contribution in [-0.2, 0) is 0 Å². The van der Waals surface area contributed by atoms with Gasteiger partial charge < -0.3 is 15.2 Å². The van der Waals surface area contributed by atoms with E-state index in [-0.39, 0.29) is 17.4 Å². The molecule has 0 saturated carbocycles. The number of hydrogen-bond acceptors (Lipinski definition) is 5. The first-order valence-electron chi connectivity index (χ1n) is 6.60. The number of nitrogens with one attached hydrogen (secondary N) is 1. The van der Waals surface area contributed by atoms with Gasteiger partial charge in [0.25, 0.3) is 0 Å². The highest BCUT2D eigenvalue weighted by molar-refractivity contribution is 5.58. The molecule has 0 aliphatic carbocycles. The van der Waals surface area contributed by atoms with Crippen molar-refractivity contribution in [1.82, 2.24) is 0 Å². The van der Waals surface area contributed by atoms with E-state index in [0.717, 1.165) is 6.42 Å². The Morgan fingerprint density at radius 1 is 1.55 bits per heavy atom. The topological polar surface area (TPSA) is 84.6 Å². The average molecular weight is 282 g/mol. The molecule has 1 aromatic carbocycles. The van der Waals surface area contributed by atoms with Gasteiger partial charge in [-0.05, 0) is 18.9 Å². The van der Waals surface area contributed by atoms with Crippen molar-refractivity contribution in [2.45, 2.75) is 32.8 Å². The van der Waals surface area contributed by atoms with Crippen LogP contribution in [0.1, 0.15) is 27.2 Å². The average Bonchev–Trinajstić information content (AvgIpc) is 2.43. The van der Waals surface area contributed by atoms with Crippen LogP contribution in [0.5, 0.6) is 5.75 Å². The largest absolute Gasteiger partial charge is 0.490 e. The van der Waals surface area contributed by atoms with E-state index in [4.69, 9.17) is 4.74 Å². The molecule has 1 rings (SSSR count). The lowest BCUT2D eigenvalue weighted by Gasteiger charge is -2.30. The summed E-state index contributed by atoms with van der Waals surface area (Å²) in [6.07, 6.45) is 0.873. The molecule has 0 aliphatic heterocycles. The first kappa shape index (κ1) is 16.2. The Hall–Kier alpha value is -1.82. The summed E-state index contributed by atoms with van der Waals surface area (Å²) >= 11 is 0. The maximum Gasteiger partial charge on any atom is 0.311 e. The van der Waals surface area contributed by atoms with Crippen LogP contribution >= 0.6 is 0 Å². The van der Waals surface area contributed by atoms with Crippen LogP contribution in [0.2, 0.25) is 0 Å². The normalized spacial score (nSPS) is 15.2. The molecule has 0 spiro atoms. The lowest BCUT2D eigenvalue weighted by Crippen LogP contribution is -2.39. The summed E-state index contributed by atoms with van der Waals surface area (Å²) in [6, 6.07) is 4.55. The lowest BCUT2D eigenvalue weighted by atomic mass is 9.88. The van der Waals surface area contributed by atoms with E-state index < -0.39 is 10.5 Å². The monoisotopic (exact) mass is 282 g/mol. The molecule has 20 heavy (non-hydrogen) atoms. The van der Waals surface area contributed by atoms with Crippen LogP contribution in [0, 0.1) is 16.0 Å². The lowest BCUT2D eigenvalue weighted by molar-refractivity contribution is -0.385. The third kappa shape index (κ3) is 3.84. The standard InChI is InChI=1S/C14H22N2O4/c1-5-10(2)14(3,17)9-15-11-6-7-12(16(18)19)13(8-11)20-4/h6-8,10,15,17H,5,9H2,1-4H3. The van der Waals surface area contributed by atoms with Crippen molar-refractivity contribution in [1.29, 1.82) is 0 Å². The summed E-state index contributed by atoms with van der Waals surface area (Å²) in [5.74, 6) is 0.345. The van der Waals surface area contributed by atoms with Crippen molar-refractivity contribution >= 4 is 11.4 Å². The van der Waals surface area contributed by atoms with Gasteiger partial charge in [0.15, 0.2) is 5.75 Å². The molecule has 2 N–H and O–H groups in total. The molecule has 0 aromatic heterocycles. The second-order valence-corrected chi connectivity index (χ2v) is 5.16. The summed E-state index contributed by atoms with van der Waals surface area (Å²) < 4.78 is 5.00. The smallest absolute Gasteiger partial charge is 0.311 e. The summed E-state index contributed by atoms with van der Waals surface area (Å²) in [5.41, 5.74) is -0.244. The van der Waals surface area contributed by atoms with Crippen LogP contribution in [0.15, 0.2) is 18.2 Å². The zero-order valence-electron chi connectivity index (χ0n) is 12.3. The molecule has 0 saturated heterocycles. The number of hydrogen-bond donors (Lipinski definition) is 2. The van der Waals surface area contributed by atoms with Crippen molar-refractivity contribution < 1.29 is 14.8 Å². The molecule has 0 aliphatic rings. The molecule has 112 valence electrons. The Kier molecular flexibility index (Phi) is 5.33. The van der Waals surface area contributed by atoms with Gasteiger partial charge >= 0.3 is 5.69 Å². The fraction of sp³-hybridized carbons (Fsp3) is 0.571. The molecule has 0 radical (unpaired) electrons. The Morgan fingerprint density at radius 3 is 2.70 bits per heavy atom. The van der Waals surface area contributed by atoms with Gasteiger partial charge in [0.2, 0.25) is 0 Å². The highest BCUT2D eigenvalue weighted by atomic mass is 16.6. The van der Waals surface area contributed by atoms with Crippen LogP contribution < -0.4 is 10.1 Å². The van der Waals surface area contributed by atoms with Crippen LogP contribution in [0.3, 0.4) is 0 Å². The Labute approximate surface area is 118 Å². The minimum absolute atomic E-state index is 0.0771. The van der Waals surface area contributed by atoms with E-state index in [1.807, 2.05) is 13.8 Å². The maximum atomic E-state index is 10.8. The van der Waals surface area contributed by atoms with Gasteiger partial charge in [0.1, 0.15) is 0 Å². The number of methoxy groups -OCH3 is 1. The van der Waals surface area contributed by atoms with Crippen LogP contribution in [0.4, 0.5) is 11.4 Å². The Morgan fingerprint density at radius 2 is 2.20 bits per heavy atom. The SMILES string of the molecule is CCC(C)C(C)(O)CNc1ccc([N+](=O)[O-])c(OC)c1. The number of anilines is 1. The molecule has 6 nitrogen and oxygen atoms in total. The third-order valence-corrected chi connectivity index (χ3v) is 3.70. The van der Waals surface area contributed by atoms with Crippen molar-refractivity contribution in [3.8, 4) is 5.75 Å². The number of nitro groups is 1. The van der Waals surface area contributed by atoms with Gasteiger partial charge in [-0.2, -0.15) is 0 Å². The number of benzene rings is 1. The second kappa shape index (κ2) is 6.56. The molecule has 0 amide bonds. The van der Waals surface area contributed by atoms with E-state index >= 15 is 0 Å². The summed E-state index contributed by atoms with van der Waals surface area (Å²) in [6.45, 7) is 6.14. The maximum absolute atomic E-state index is 10.8. The molecule has 6 heteroatoms. The molecule has 2 unspecified atom stereocenters. The minimum Gasteiger partial charge on any atom is -0.490 e. The third-order valence-electron chi connectivity index (χ3n) is 3.70. The van der Waals surface area contributed by atoms with Gasteiger partial charge in [-0.15, -0.1) is 0 Å². The van der Waals surface area contributed by atoms with Crippen molar-refractivity contribution in [3.63, 3.8) is 0 Å². The number of rotatable bonds is 7. The molecule has 0 fully saturated rings. The van der Waals surface area contributed by atoms with Gasteiger partial charge in [-0.3, -0.25) is 10.1 Å². The molecular formula is C14H22N2O4. The molecule has 0 heterocycles.